The Morgan fingerprint density at radius 2 is 0.667 bits per heavy atom. The molecule has 0 N–H and O–H groups in total. The number of esters is 2. The molecular weight excluding hydrogens is 448 g/mol. The number of hydrogen-bond donors (Lipinski definition) is 0. The van der Waals surface area contributed by atoms with Crippen molar-refractivity contribution in [1.29, 1.82) is 0 Å². The summed E-state index contributed by atoms with van der Waals surface area (Å²) in [4.78, 5) is 23.7. The van der Waals surface area contributed by atoms with Gasteiger partial charge in [0, 0.05) is 12.8 Å². The van der Waals surface area contributed by atoms with E-state index in [-0.39, 0.29) is 11.9 Å². The normalized spacial score (nSPS) is 21.2. The van der Waals surface area contributed by atoms with Crippen molar-refractivity contribution in [1.82, 2.24) is 0 Å². The molecule has 0 aromatic carbocycles. The number of allylic oxidation sites excluding steroid dienone is 8. The molecular formula is C32H52O4. The van der Waals surface area contributed by atoms with Crippen LogP contribution in [0.4, 0.5) is 0 Å². The van der Waals surface area contributed by atoms with Crippen molar-refractivity contribution in [2.75, 3.05) is 13.2 Å². The van der Waals surface area contributed by atoms with Crippen LogP contribution in [0.2, 0.25) is 0 Å². The van der Waals surface area contributed by atoms with Crippen molar-refractivity contribution in [2.45, 2.75) is 128 Å². The van der Waals surface area contributed by atoms with E-state index in [0.29, 0.717) is 26.1 Å². The lowest BCUT2D eigenvalue weighted by molar-refractivity contribution is -0.144. The first-order valence-electron chi connectivity index (χ1n) is 14.7. The summed E-state index contributed by atoms with van der Waals surface area (Å²) in [6.07, 6.45) is 37.9. The molecule has 0 unspecified atom stereocenters. The molecule has 1 heterocycles. The van der Waals surface area contributed by atoms with E-state index in [9.17, 15) is 9.59 Å². The molecule has 0 radical (unpaired) electrons. The maximum Gasteiger partial charge on any atom is 0.305 e. The SMILES string of the molecule is O=C1CCCCC=CCCC=CCCCCCOC(=O)CCCCC=CCCC=CCCCCCO1. The molecule has 0 aliphatic carbocycles. The molecule has 1 aliphatic heterocycles. The van der Waals surface area contributed by atoms with Crippen molar-refractivity contribution in [3.8, 4) is 0 Å². The van der Waals surface area contributed by atoms with E-state index in [0.717, 1.165) is 116 Å². The molecule has 0 bridgehead atoms. The Labute approximate surface area is 221 Å². The Morgan fingerprint density at radius 1 is 0.361 bits per heavy atom. The Balaban J connectivity index is 2.24. The van der Waals surface area contributed by atoms with E-state index < -0.39 is 0 Å². The Morgan fingerprint density at radius 3 is 1.03 bits per heavy atom. The third-order valence-corrected chi connectivity index (χ3v) is 6.23. The van der Waals surface area contributed by atoms with E-state index in [2.05, 4.69) is 48.6 Å². The summed E-state index contributed by atoms with van der Waals surface area (Å²) < 4.78 is 10.7. The van der Waals surface area contributed by atoms with E-state index in [1.807, 2.05) is 0 Å². The summed E-state index contributed by atoms with van der Waals surface area (Å²) in [5.74, 6) is -0.0921. The highest BCUT2D eigenvalue weighted by Gasteiger charge is 2.02. The zero-order valence-electron chi connectivity index (χ0n) is 22.8. The molecule has 0 spiro atoms. The van der Waals surface area contributed by atoms with Crippen LogP contribution in [0, 0.1) is 0 Å². The molecule has 0 aromatic heterocycles. The van der Waals surface area contributed by atoms with Gasteiger partial charge in [-0.2, -0.15) is 0 Å². The lowest BCUT2D eigenvalue weighted by atomic mass is 10.1. The van der Waals surface area contributed by atoms with Crippen LogP contribution >= 0.6 is 0 Å². The van der Waals surface area contributed by atoms with Gasteiger partial charge in [0.1, 0.15) is 0 Å². The lowest BCUT2D eigenvalue weighted by Crippen LogP contribution is -2.05. The minimum absolute atomic E-state index is 0.0461. The van der Waals surface area contributed by atoms with Gasteiger partial charge in [0.2, 0.25) is 0 Å². The summed E-state index contributed by atoms with van der Waals surface area (Å²) in [6, 6.07) is 0. The molecule has 0 atom stereocenters. The predicted molar refractivity (Wildman–Crippen MR) is 151 cm³/mol. The fourth-order valence-electron chi connectivity index (χ4n) is 3.99. The van der Waals surface area contributed by atoms with Crippen molar-refractivity contribution >= 4 is 11.9 Å². The van der Waals surface area contributed by atoms with Gasteiger partial charge in [0.15, 0.2) is 0 Å². The van der Waals surface area contributed by atoms with Gasteiger partial charge in [-0.05, 0) is 116 Å². The van der Waals surface area contributed by atoms with E-state index in [1.54, 1.807) is 0 Å². The van der Waals surface area contributed by atoms with Crippen LogP contribution in [0.15, 0.2) is 48.6 Å². The highest BCUT2D eigenvalue weighted by atomic mass is 16.5. The van der Waals surface area contributed by atoms with Gasteiger partial charge in [-0.25, -0.2) is 0 Å². The Hall–Kier alpha value is -2.10. The van der Waals surface area contributed by atoms with Crippen LogP contribution in [0.3, 0.4) is 0 Å². The fraction of sp³-hybridized carbons (Fsp3) is 0.688. The molecule has 4 nitrogen and oxygen atoms in total. The molecule has 0 amide bonds. The number of ether oxygens (including phenoxy) is 2. The maximum atomic E-state index is 11.8. The van der Waals surface area contributed by atoms with E-state index in [1.165, 1.54) is 0 Å². The molecule has 1 aliphatic rings. The van der Waals surface area contributed by atoms with Gasteiger partial charge in [0.05, 0.1) is 13.2 Å². The zero-order valence-corrected chi connectivity index (χ0v) is 22.8. The Bertz CT molecular complexity index is 589. The minimum atomic E-state index is -0.0461. The van der Waals surface area contributed by atoms with Crippen LogP contribution in [0.25, 0.3) is 0 Å². The third-order valence-electron chi connectivity index (χ3n) is 6.23. The molecule has 0 saturated carbocycles. The first-order valence-corrected chi connectivity index (χ1v) is 14.7. The second kappa shape index (κ2) is 26.0. The quantitative estimate of drug-likeness (QED) is 0.246. The Kier molecular flexibility index (Phi) is 23.0. The number of carbonyl (C=O) groups is 2. The molecule has 0 fully saturated rings. The summed E-state index contributed by atoms with van der Waals surface area (Å²) >= 11 is 0. The van der Waals surface area contributed by atoms with E-state index in [4.69, 9.17) is 9.47 Å². The average Bonchev–Trinajstić information content (AvgIpc) is 2.87. The van der Waals surface area contributed by atoms with Crippen molar-refractivity contribution in [2.24, 2.45) is 0 Å². The third kappa shape index (κ3) is 23.6. The first-order chi connectivity index (χ1) is 17.8. The average molecular weight is 501 g/mol. The molecule has 36 heavy (non-hydrogen) atoms. The summed E-state index contributed by atoms with van der Waals surface area (Å²) in [5.41, 5.74) is 0. The van der Waals surface area contributed by atoms with E-state index >= 15 is 0 Å². The van der Waals surface area contributed by atoms with Crippen molar-refractivity contribution < 1.29 is 19.1 Å². The topological polar surface area (TPSA) is 52.6 Å². The van der Waals surface area contributed by atoms with Gasteiger partial charge in [-0.3, -0.25) is 9.59 Å². The summed E-state index contributed by atoms with van der Waals surface area (Å²) in [5, 5.41) is 0. The number of carbonyl (C=O) groups excluding carboxylic acids is 2. The smallest absolute Gasteiger partial charge is 0.305 e. The second-order valence-electron chi connectivity index (χ2n) is 9.67. The van der Waals surface area contributed by atoms with Crippen molar-refractivity contribution in [3.05, 3.63) is 48.6 Å². The number of rotatable bonds is 0. The predicted octanol–water partition coefficient (Wildman–Crippen LogP) is 9.11. The molecule has 0 aromatic rings. The van der Waals surface area contributed by atoms with Crippen LogP contribution in [0.5, 0.6) is 0 Å². The summed E-state index contributed by atoms with van der Waals surface area (Å²) in [7, 11) is 0. The standard InChI is InChI=1S/C32H52O4/c33-31-27-23-19-15-11-7-3-1-5-9-13-17-21-25-29-35-32(34)28-24-20-16-12-8-4-2-6-10-14-18-22-26-30-36-31/h5-12H,1-4,13-30H2. The van der Waals surface area contributed by atoms with Gasteiger partial charge in [0.25, 0.3) is 0 Å². The highest BCUT2D eigenvalue weighted by Crippen LogP contribution is 2.08. The van der Waals surface area contributed by atoms with Crippen LogP contribution in [0.1, 0.15) is 128 Å². The minimum Gasteiger partial charge on any atom is -0.466 e. The van der Waals surface area contributed by atoms with Crippen LogP contribution in [-0.4, -0.2) is 25.2 Å². The van der Waals surface area contributed by atoms with Gasteiger partial charge >= 0.3 is 11.9 Å². The van der Waals surface area contributed by atoms with Gasteiger partial charge in [-0.15, -0.1) is 0 Å². The number of cyclic esters (lactones) is 2. The molecule has 4 heteroatoms. The fourth-order valence-corrected chi connectivity index (χ4v) is 3.99. The largest absolute Gasteiger partial charge is 0.466 e. The monoisotopic (exact) mass is 500 g/mol. The maximum absolute atomic E-state index is 11.8. The lowest BCUT2D eigenvalue weighted by Gasteiger charge is -2.04. The molecule has 0 saturated heterocycles. The van der Waals surface area contributed by atoms with Gasteiger partial charge in [-0.1, -0.05) is 48.6 Å². The highest BCUT2D eigenvalue weighted by molar-refractivity contribution is 5.69. The van der Waals surface area contributed by atoms with Gasteiger partial charge < -0.3 is 9.47 Å². The van der Waals surface area contributed by atoms with Crippen molar-refractivity contribution in [3.63, 3.8) is 0 Å². The molecule has 1 rings (SSSR count). The van der Waals surface area contributed by atoms with Crippen LogP contribution < -0.4 is 0 Å². The molecule has 204 valence electrons. The zero-order chi connectivity index (χ0) is 25.8. The first kappa shape index (κ1) is 31.9. The number of hydrogen-bond acceptors (Lipinski definition) is 4. The summed E-state index contributed by atoms with van der Waals surface area (Å²) in [6.45, 7) is 1.11. The van der Waals surface area contributed by atoms with Crippen LogP contribution in [-0.2, 0) is 19.1 Å². The second-order valence-corrected chi connectivity index (χ2v) is 9.67.